The largest absolute Gasteiger partial charge is 0.441 e. The summed E-state index contributed by atoms with van der Waals surface area (Å²) in [5, 5.41) is 0. The molecule has 10 heteroatoms. The Labute approximate surface area is 257 Å². The van der Waals surface area contributed by atoms with Crippen molar-refractivity contribution in [1.82, 2.24) is 19.7 Å². The molecule has 4 heterocycles. The molecule has 1 spiro atoms. The Morgan fingerprint density at radius 2 is 1.66 bits per heavy atom. The maximum Gasteiger partial charge on any atom is 0.410 e. The number of carbonyl (C=O) groups is 3. The maximum absolute atomic E-state index is 14.4. The number of piperidine rings is 2. The highest BCUT2D eigenvalue weighted by molar-refractivity contribution is 5.97. The van der Waals surface area contributed by atoms with Crippen molar-refractivity contribution in [2.75, 3.05) is 39.3 Å². The molecule has 236 valence electrons. The van der Waals surface area contributed by atoms with Crippen molar-refractivity contribution < 1.29 is 27.9 Å². The fraction of sp³-hybridized carbons (Fsp3) is 0.588. The number of benzene rings is 1. The van der Waals surface area contributed by atoms with Gasteiger partial charge in [-0.05, 0) is 81.2 Å². The van der Waals surface area contributed by atoms with Crippen molar-refractivity contribution in [3.05, 3.63) is 65.0 Å². The number of ketones is 1. The van der Waals surface area contributed by atoms with E-state index < -0.39 is 17.2 Å². The van der Waals surface area contributed by atoms with Crippen molar-refractivity contribution in [3.8, 4) is 0 Å². The molecule has 6 rings (SSSR count). The summed E-state index contributed by atoms with van der Waals surface area (Å²) < 4.78 is 34.7. The lowest BCUT2D eigenvalue weighted by atomic mass is 9.80. The molecule has 2 aromatic rings. The Hall–Kier alpha value is -3.40. The first kappa shape index (κ1) is 30.6. The minimum Gasteiger partial charge on any atom is -0.441 e. The zero-order valence-electron chi connectivity index (χ0n) is 25.5. The maximum atomic E-state index is 14.4. The Kier molecular flexibility index (Phi) is 8.98. The number of likely N-dealkylation sites (tertiary alicyclic amines) is 2. The van der Waals surface area contributed by atoms with Crippen LogP contribution in [-0.4, -0.2) is 82.3 Å². The van der Waals surface area contributed by atoms with Crippen molar-refractivity contribution in [2.24, 2.45) is 17.8 Å². The highest BCUT2D eigenvalue weighted by Crippen LogP contribution is 2.37. The number of halogens is 2. The number of aromatic nitrogens is 1. The van der Waals surface area contributed by atoms with E-state index in [4.69, 9.17) is 4.74 Å². The average molecular weight is 609 g/mol. The van der Waals surface area contributed by atoms with Gasteiger partial charge in [-0.25, -0.2) is 13.6 Å². The summed E-state index contributed by atoms with van der Waals surface area (Å²) in [4.78, 5) is 48.8. The Bertz CT molecular complexity index is 1340. The van der Waals surface area contributed by atoms with Crippen LogP contribution >= 0.6 is 0 Å². The molecule has 3 saturated heterocycles. The van der Waals surface area contributed by atoms with Crippen LogP contribution in [0.1, 0.15) is 72.9 Å². The van der Waals surface area contributed by atoms with Crippen molar-refractivity contribution in [1.29, 1.82) is 0 Å². The Balaban J connectivity index is 0.931. The van der Waals surface area contributed by atoms with Gasteiger partial charge >= 0.3 is 6.09 Å². The van der Waals surface area contributed by atoms with Crippen LogP contribution in [0.3, 0.4) is 0 Å². The number of amides is 2. The fourth-order valence-corrected chi connectivity index (χ4v) is 7.58. The number of ether oxygens (including phenoxy) is 1. The Morgan fingerprint density at radius 3 is 2.30 bits per heavy atom. The van der Waals surface area contributed by atoms with Gasteiger partial charge in [0.15, 0.2) is 5.78 Å². The molecule has 0 radical (unpaired) electrons. The molecule has 1 aromatic heterocycles. The van der Waals surface area contributed by atoms with Gasteiger partial charge in [-0.3, -0.25) is 19.5 Å². The van der Waals surface area contributed by atoms with E-state index in [1.54, 1.807) is 31.5 Å². The Morgan fingerprint density at radius 1 is 0.977 bits per heavy atom. The van der Waals surface area contributed by atoms with Gasteiger partial charge in [0.25, 0.3) is 0 Å². The van der Waals surface area contributed by atoms with Gasteiger partial charge in [0.05, 0.1) is 6.54 Å². The van der Waals surface area contributed by atoms with E-state index in [1.165, 1.54) is 12.1 Å². The number of carbonyl (C=O) groups excluding carboxylic acids is 3. The van der Waals surface area contributed by atoms with Gasteiger partial charge < -0.3 is 14.5 Å². The van der Waals surface area contributed by atoms with Gasteiger partial charge in [0.2, 0.25) is 5.91 Å². The van der Waals surface area contributed by atoms with Crippen molar-refractivity contribution in [2.45, 2.75) is 70.4 Å². The number of Topliss-reactive ketones (excluding diaryl/α,β-unsaturated/α-hetero) is 1. The lowest BCUT2D eigenvalue weighted by molar-refractivity contribution is -0.138. The predicted molar refractivity (Wildman–Crippen MR) is 160 cm³/mol. The van der Waals surface area contributed by atoms with Crippen LogP contribution in [0.4, 0.5) is 13.6 Å². The molecule has 1 aliphatic carbocycles. The average Bonchev–Trinajstić information content (AvgIpc) is 3.33. The van der Waals surface area contributed by atoms with E-state index in [2.05, 4.69) is 4.98 Å². The smallest absolute Gasteiger partial charge is 0.410 e. The van der Waals surface area contributed by atoms with E-state index in [0.29, 0.717) is 82.0 Å². The first-order valence-electron chi connectivity index (χ1n) is 16.1. The van der Waals surface area contributed by atoms with E-state index in [9.17, 15) is 23.2 Å². The van der Waals surface area contributed by atoms with Gasteiger partial charge in [0, 0.05) is 87.5 Å². The molecular weight excluding hydrogens is 566 g/mol. The molecule has 4 fully saturated rings. The van der Waals surface area contributed by atoms with Crippen LogP contribution in [0.15, 0.2) is 36.7 Å². The summed E-state index contributed by atoms with van der Waals surface area (Å²) in [5.74, 6) is -0.447. The second kappa shape index (κ2) is 12.9. The first-order chi connectivity index (χ1) is 21.2. The van der Waals surface area contributed by atoms with Crippen molar-refractivity contribution in [3.63, 3.8) is 0 Å². The molecule has 2 amide bonds. The molecule has 44 heavy (non-hydrogen) atoms. The predicted octanol–water partition coefficient (Wildman–Crippen LogP) is 5.38. The van der Waals surface area contributed by atoms with E-state index in [1.807, 2.05) is 14.7 Å². The quantitative estimate of drug-likeness (QED) is 0.393. The summed E-state index contributed by atoms with van der Waals surface area (Å²) in [6.45, 7) is 5.49. The minimum atomic E-state index is -0.546. The molecular formula is C34H42F2N4O4. The molecule has 3 aliphatic heterocycles. The third-order valence-corrected chi connectivity index (χ3v) is 10.3. The molecule has 0 unspecified atom stereocenters. The SMILES string of the molecule is Cc1cc(F)c(CN2CCC3(CC2)CN(CC2CCC(C(=O)N4CCC(C(=O)c5cccnc5)CC4)CC2)C(=O)O3)c(F)c1. The van der Waals surface area contributed by atoms with Crippen LogP contribution in [0.2, 0.25) is 0 Å². The lowest BCUT2D eigenvalue weighted by Crippen LogP contribution is -2.47. The number of rotatable bonds is 7. The highest BCUT2D eigenvalue weighted by atomic mass is 19.1. The number of hydrogen-bond donors (Lipinski definition) is 0. The third-order valence-electron chi connectivity index (χ3n) is 10.3. The van der Waals surface area contributed by atoms with Gasteiger partial charge in [-0.2, -0.15) is 0 Å². The van der Waals surface area contributed by atoms with Crippen LogP contribution in [0, 0.1) is 36.3 Å². The zero-order chi connectivity index (χ0) is 30.8. The normalized spacial score (nSPS) is 24.5. The molecule has 8 nitrogen and oxygen atoms in total. The fourth-order valence-electron chi connectivity index (χ4n) is 7.58. The minimum absolute atomic E-state index is 0.00114. The monoisotopic (exact) mass is 608 g/mol. The summed E-state index contributed by atoms with van der Waals surface area (Å²) in [7, 11) is 0. The molecule has 1 saturated carbocycles. The molecule has 1 aromatic carbocycles. The summed E-state index contributed by atoms with van der Waals surface area (Å²) in [6, 6.07) is 6.30. The van der Waals surface area contributed by atoms with Crippen molar-refractivity contribution >= 4 is 17.8 Å². The highest BCUT2D eigenvalue weighted by Gasteiger charge is 2.47. The summed E-state index contributed by atoms with van der Waals surface area (Å²) in [6.07, 6.45) is 9.05. The van der Waals surface area contributed by atoms with E-state index >= 15 is 0 Å². The topological polar surface area (TPSA) is 83.0 Å². The van der Waals surface area contributed by atoms with Gasteiger partial charge in [-0.1, -0.05) is 0 Å². The van der Waals surface area contributed by atoms with E-state index in [-0.39, 0.29) is 41.7 Å². The second-order valence-electron chi connectivity index (χ2n) is 13.3. The standard InChI is InChI=1S/C34H42F2N4O4/c1-23-17-29(35)28(30(36)18-23)21-38-15-10-34(11-16-38)22-40(33(43)44-34)20-24-4-6-26(7-5-24)32(42)39-13-8-25(9-14-39)31(41)27-3-2-12-37-19-27/h2-3,12,17-19,24-26H,4-11,13-16,20-22H2,1H3. The lowest BCUT2D eigenvalue weighted by Gasteiger charge is -2.38. The van der Waals surface area contributed by atoms with Crippen LogP contribution in [0.5, 0.6) is 0 Å². The molecule has 4 aliphatic rings. The second-order valence-corrected chi connectivity index (χ2v) is 13.3. The van der Waals surface area contributed by atoms with Crippen LogP contribution in [-0.2, 0) is 16.1 Å². The zero-order valence-corrected chi connectivity index (χ0v) is 25.5. The number of hydrogen-bond acceptors (Lipinski definition) is 6. The number of aryl methyl sites for hydroxylation is 1. The van der Waals surface area contributed by atoms with Crippen LogP contribution < -0.4 is 0 Å². The molecule has 0 N–H and O–H groups in total. The summed E-state index contributed by atoms with van der Waals surface area (Å²) >= 11 is 0. The van der Waals surface area contributed by atoms with Crippen LogP contribution in [0.25, 0.3) is 0 Å². The first-order valence-corrected chi connectivity index (χ1v) is 16.1. The molecule has 0 bridgehead atoms. The number of pyridine rings is 1. The summed E-state index contributed by atoms with van der Waals surface area (Å²) in [5.41, 5.74) is 0.744. The third kappa shape index (κ3) is 6.65. The number of nitrogens with zero attached hydrogens (tertiary/aromatic N) is 4. The molecule has 0 atom stereocenters. The van der Waals surface area contributed by atoms with Gasteiger partial charge in [-0.15, -0.1) is 0 Å². The van der Waals surface area contributed by atoms with Gasteiger partial charge in [0.1, 0.15) is 17.2 Å². The van der Waals surface area contributed by atoms with E-state index in [0.717, 1.165) is 25.7 Å².